The Balaban J connectivity index is 1.69. The highest BCUT2D eigenvalue weighted by molar-refractivity contribution is 4.96. The third kappa shape index (κ3) is 2.39. The summed E-state index contributed by atoms with van der Waals surface area (Å²) in [6.45, 7) is 1.34. The molecule has 0 bridgehead atoms. The van der Waals surface area contributed by atoms with Crippen LogP contribution >= 0.6 is 0 Å². The normalized spacial score (nSPS) is 44.3. The fraction of sp³-hybridized carbons (Fsp3) is 1.00. The summed E-state index contributed by atoms with van der Waals surface area (Å²) in [4.78, 5) is 2.83. The highest BCUT2D eigenvalue weighted by Crippen LogP contribution is 2.39. The summed E-state index contributed by atoms with van der Waals surface area (Å²) in [5.74, 6) is 1.01. The van der Waals surface area contributed by atoms with Gasteiger partial charge in [0.1, 0.15) is 0 Å². The average molecular weight is 236 g/mol. The molecule has 1 saturated heterocycles. The van der Waals surface area contributed by atoms with E-state index in [1.54, 1.807) is 0 Å². The van der Waals surface area contributed by atoms with Crippen molar-refractivity contribution >= 4 is 0 Å². The number of nitrogens with two attached hydrogens (primary N) is 1. The molecule has 1 aliphatic heterocycles. The predicted octanol–water partition coefficient (Wildman–Crippen LogP) is 2.91. The van der Waals surface area contributed by atoms with Crippen molar-refractivity contribution in [2.24, 2.45) is 11.7 Å². The summed E-state index contributed by atoms with van der Waals surface area (Å²) in [6.07, 6.45) is 14.1. The molecule has 2 N–H and O–H groups in total. The first-order valence-corrected chi connectivity index (χ1v) is 7.87. The van der Waals surface area contributed by atoms with Crippen molar-refractivity contribution in [1.29, 1.82) is 0 Å². The molecular formula is C15H28N2. The third-order valence-electron chi connectivity index (χ3n) is 5.51. The van der Waals surface area contributed by atoms with Gasteiger partial charge < -0.3 is 5.73 Å². The number of fused-ring (bicyclic) bond motifs is 1. The van der Waals surface area contributed by atoms with Gasteiger partial charge in [0.15, 0.2) is 0 Å². The highest BCUT2D eigenvalue weighted by Gasteiger charge is 2.40. The summed E-state index contributed by atoms with van der Waals surface area (Å²) >= 11 is 0. The van der Waals surface area contributed by atoms with Crippen molar-refractivity contribution in [2.75, 3.05) is 6.54 Å². The van der Waals surface area contributed by atoms with Crippen LogP contribution in [0.15, 0.2) is 0 Å². The zero-order chi connectivity index (χ0) is 11.7. The molecule has 0 aromatic heterocycles. The molecule has 98 valence electrons. The Morgan fingerprint density at radius 2 is 1.41 bits per heavy atom. The smallest absolute Gasteiger partial charge is 0.0250 e. The Labute approximate surface area is 106 Å². The number of hydrogen-bond donors (Lipinski definition) is 1. The van der Waals surface area contributed by atoms with Crippen LogP contribution in [0.25, 0.3) is 0 Å². The molecule has 0 radical (unpaired) electrons. The van der Waals surface area contributed by atoms with Gasteiger partial charge in [-0.3, -0.25) is 4.90 Å². The van der Waals surface area contributed by atoms with Gasteiger partial charge in [-0.15, -0.1) is 0 Å². The van der Waals surface area contributed by atoms with Crippen LogP contribution in [0.5, 0.6) is 0 Å². The number of hydrogen-bond acceptors (Lipinski definition) is 2. The first-order chi connectivity index (χ1) is 8.36. The van der Waals surface area contributed by atoms with E-state index >= 15 is 0 Å². The van der Waals surface area contributed by atoms with Crippen LogP contribution in [-0.4, -0.2) is 29.6 Å². The van der Waals surface area contributed by atoms with E-state index in [1.165, 1.54) is 70.8 Å². The number of likely N-dealkylation sites (tertiary alicyclic amines) is 1. The van der Waals surface area contributed by atoms with Gasteiger partial charge >= 0.3 is 0 Å². The van der Waals surface area contributed by atoms with Gasteiger partial charge in [0.2, 0.25) is 0 Å². The molecule has 3 aliphatic rings. The van der Waals surface area contributed by atoms with E-state index in [2.05, 4.69) is 4.90 Å². The van der Waals surface area contributed by atoms with Gasteiger partial charge in [-0.2, -0.15) is 0 Å². The van der Waals surface area contributed by atoms with Gasteiger partial charge in [-0.1, -0.05) is 32.1 Å². The number of nitrogens with zero attached hydrogens (tertiary/aromatic N) is 1. The quantitative estimate of drug-likeness (QED) is 0.709. The minimum Gasteiger partial charge on any atom is -0.326 e. The van der Waals surface area contributed by atoms with E-state index < -0.39 is 0 Å². The second kappa shape index (κ2) is 5.27. The Morgan fingerprint density at radius 1 is 0.706 bits per heavy atom. The Morgan fingerprint density at radius 3 is 2.35 bits per heavy atom. The summed E-state index contributed by atoms with van der Waals surface area (Å²) in [5.41, 5.74) is 6.44. The van der Waals surface area contributed by atoms with Crippen molar-refractivity contribution in [3.63, 3.8) is 0 Å². The molecule has 2 aliphatic carbocycles. The standard InChI is InChI=1S/C15H28N2/c16-13-7-2-1-3-9-15(13)17-11-10-12-6-4-5-8-14(12)17/h12-15H,1-11,16H2. The van der Waals surface area contributed by atoms with Crippen LogP contribution in [-0.2, 0) is 0 Å². The molecule has 4 unspecified atom stereocenters. The lowest BCUT2D eigenvalue weighted by atomic mass is 9.84. The monoisotopic (exact) mass is 236 g/mol. The molecule has 2 heteroatoms. The maximum absolute atomic E-state index is 6.44. The third-order valence-corrected chi connectivity index (χ3v) is 5.51. The van der Waals surface area contributed by atoms with Crippen LogP contribution in [0.1, 0.15) is 64.2 Å². The van der Waals surface area contributed by atoms with Crippen LogP contribution in [0.3, 0.4) is 0 Å². The summed E-state index contributed by atoms with van der Waals surface area (Å²) in [5, 5.41) is 0. The Hall–Kier alpha value is -0.0800. The summed E-state index contributed by atoms with van der Waals surface area (Å²) < 4.78 is 0. The first-order valence-electron chi connectivity index (χ1n) is 7.87. The molecule has 2 saturated carbocycles. The molecule has 1 heterocycles. The molecule has 0 aromatic carbocycles. The Kier molecular flexibility index (Phi) is 3.72. The largest absolute Gasteiger partial charge is 0.326 e. The molecule has 4 atom stereocenters. The van der Waals surface area contributed by atoms with Crippen molar-refractivity contribution in [1.82, 2.24) is 4.90 Å². The predicted molar refractivity (Wildman–Crippen MR) is 71.9 cm³/mol. The lowest BCUT2D eigenvalue weighted by molar-refractivity contribution is 0.110. The molecule has 0 amide bonds. The number of rotatable bonds is 1. The van der Waals surface area contributed by atoms with Gasteiger partial charge in [0.05, 0.1) is 0 Å². The van der Waals surface area contributed by atoms with Crippen molar-refractivity contribution in [2.45, 2.75) is 82.3 Å². The lowest BCUT2D eigenvalue weighted by Gasteiger charge is -2.39. The first kappa shape index (κ1) is 12.0. The second-order valence-electron chi connectivity index (χ2n) is 6.51. The van der Waals surface area contributed by atoms with Gasteiger partial charge in [0.25, 0.3) is 0 Å². The van der Waals surface area contributed by atoms with Gasteiger partial charge in [-0.25, -0.2) is 0 Å². The topological polar surface area (TPSA) is 29.3 Å². The van der Waals surface area contributed by atoms with Crippen LogP contribution in [0.2, 0.25) is 0 Å². The maximum atomic E-state index is 6.44. The molecule has 3 fully saturated rings. The minimum absolute atomic E-state index is 0.457. The molecular weight excluding hydrogens is 208 g/mol. The second-order valence-corrected chi connectivity index (χ2v) is 6.51. The van der Waals surface area contributed by atoms with E-state index in [-0.39, 0.29) is 0 Å². The molecule has 2 nitrogen and oxygen atoms in total. The average Bonchev–Trinajstić information content (AvgIpc) is 2.66. The minimum atomic E-state index is 0.457. The lowest BCUT2D eigenvalue weighted by Crippen LogP contribution is -2.50. The highest BCUT2D eigenvalue weighted by atomic mass is 15.2. The van der Waals surface area contributed by atoms with Crippen molar-refractivity contribution in [3.8, 4) is 0 Å². The van der Waals surface area contributed by atoms with E-state index in [9.17, 15) is 0 Å². The van der Waals surface area contributed by atoms with Gasteiger partial charge in [-0.05, 0) is 44.6 Å². The van der Waals surface area contributed by atoms with Crippen LogP contribution < -0.4 is 5.73 Å². The summed E-state index contributed by atoms with van der Waals surface area (Å²) in [6, 6.07) is 2.07. The zero-order valence-electron chi connectivity index (χ0n) is 11.1. The van der Waals surface area contributed by atoms with Gasteiger partial charge in [0, 0.05) is 18.1 Å². The SMILES string of the molecule is NC1CCCCCC1N1CCC2CCCCC21. The van der Waals surface area contributed by atoms with Crippen LogP contribution in [0, 0.1) is 5.92 Å². The molecule has 3 rings (SSSR count). The zero-order valence-corrected chi connectivity index (χ0v) is 11.1. The van der Waals surface area contributed by atoms with Crippen molar-refractivity contribution < 1.29 is 0 Å². The molecule has 0 spiro atoms. The fourth-order valence-electron chi connectivity index (χ4n) is 4.58. The van der Waals surface area contributed by atoms with E-state index in [0.29, 0.717) is 12.1 Å². The van der Waals surface area contributed by atoms with E-state index in [4.69, 9.17) is 5.73 Å². The summed E-state index contributed by atoms with van der Waals surface area (Å²) in [7, 11) is 0. The van der Waals surface area contributed by atoms with Crippen molar-refractivity contribution in [3.05, 3.63) is 0 Å². The Bertz CT molecular complexity index is 253. The van der Waals surface area contributed by atoms with E-state index in [1.807, 2.05) is 0 Å². The van der Waals surface area contributed by atoms with Crippen LogP contribution in [0.4, 0.5) is 0 Å². The van der Waals surface area contributed by atoms with E-state index in [0.717, 1.165) is 12.0 Å². The molecule has 0 aromatic rings. The molecule has 17 heavy (non-hydrogen) atoms. The maximum Gasteiger partial charge on any atom is 0.0250 e. The fourth-order valence-corrected chi connectivity index (χ4v) is 4.58.